The van der Waals surface area contributed by atoms with Crippen molar-refractivity contribution in [1.82, 2.24) is 4.68 Å². The van der Waals surface area contributed by atoms with Gasteiger partial charge in [0.05, 0.1) is 15.6 Å². The van der Waals surface area contributed by atoms with Crippen molar-refractivity contribution < 1.29 is 4.68 Å². The smallest absolute Gasteiger partial charge is 0.134 e. The van der Waals surface area contributed by atoms with E-state index in [4.69, 9.17) is 0 Å². The van der Waals surface area contributed by atoms with Crippen molar-refractivity contribution >= 4 is 52.2 Å². The van der Waals surface area contributed by atoms with Crippen molar-refractivity contribution in [3.63, 3.8) is 0 Å². The van der Waals surface area contributed by atoms with Crippen LogP contribution in [-0.2, 0) is 7.05 Å². The lowest BCUT2D eigenvalue weighted by atomic mass is 10.1. The molecule has 5 rings (SSSR count). The summed E-state index contributed by atoms with van der Waals surface area (Å²) < 4.78 is 9.91. The van der Waals surface area contributed by atoms with Crippen LogP contribution in [0.15, 0.2) is 54.9 Å². The molecule has 0 amide bonds. The molecular weight excluding hydrogens is 320 g/mol. The minimum Gasteiger partial charge on any atom is -0.134 e. The van der Waals surface area contributed by atoms with Gasteiger partial charge in [0.25, 0.3) is 0 Å². The van der Waals surface area contributed by atoms with E-state index in [1.807, 2.05) is 22.7 Å². The summed E-state index contributed by atoms with van der Waals surface area (Å²) in [5.41, 5.74) is 2.56. The topological polar surface area (TPSA) is 8.81 Å². The minimum atomic E-state index is 1.25. The SMILES string of the molecule is Cc1cc2c(cc1-n1ccc[n+]1C)sc1c3ccccc3sc21. The lowest BCUT2D eigenvalue weighted by Gasteiger charge is -2.05. The fraction of sp³-hybridized carbons (Fsp3) is 0.105. The highest BCUT2D eigenvalue weighted by molar-refractivity contribution is 7.36. The number of hydrogen-bond donors (Lipinski definition) is 0. The molecule has 2 nitrogen and oxygen atoms in total. The number of hydrogen-bond acceptors (Lipinski definition) is 2. The monoisotopic (exact) mass is 335 g/mol. The standard InChI is InChI=1S/C19H15N2S2/c1-12-10-14-17(11-15(12)21-9-5-8-20(21)2)23-18-13-6-3-4-7-16(13)22-19(14)18/h3-11H,1-2H3/q+1. The first kappa shape index (κ1) is 13.3. The third-order valence-corrected chi connectivity index (χ3v) is 6.94. The summed E-state index contributed by atoms with van der Waals surface area (Å²) in [4.78, 5) is 0. The average molecular weight is 335 g/mol. The van der Waals surface area contributed by atoms with Gasteiger partial charge in [0, 0.05) is 26.2 Å². The number of benzene rings is 2. The maximum Gasteiger partial charge on any atom is 0.195 e. The normalized spacial score (nSPS) is 11.9. The molecule has 2 aromatic carbocycles. The zero-order valence-corrected chi connectivity index (χ0v) is 14.5. The highest BCUT2D eigenvalue weighted by Gasteiger charge is 2.16. The van der Waals surface area contributed by atoms with Gasteiger partial charge in [-0.05, 0) is 30.7 Å². The first-order valence-corrected chi connectivity index (χ1v) is 9.24. The Hall–Kier alpha value is -2.17. The number of nitrogens with zero attached hydrogens (tertiary/aromatic N) is 2. The van der Waals surface area contributed by atoms with E-state index in [0.29, 0.717) is 0 Å². The van der Waals surface area contributed by atoms with Crippen LogP contribution in [0.25, 0.3) is 35.3 Å². The van der Waals surface area contributed by atoms with Crippen LogP contribution >= 0.6 is 22.7 Å². The molecule has 0 aliphatic heterocycles. The summed E-state index contributed by atoms with van der Waals surface area (Å²) >= 11 is 3.82. The van der Waals surface area contributed by atoms with Crippen LogP contribution < -0.4 is 4.68 Å². The highest BCUT2D eigenvalue weighted by Crippen LogP contribution is 2.44. The first-order chi connectivity index (χ1) is 11.2. The van der Waals surface area contributed by atoms with Gasteiger partial charge in [-0.2, -0.15) is 0 Å². The molecule has 23 heavy (non-hydrogen) atoms. The van der Waals surface area contributed by atoms with E-state index in [9.17, 15) is 0 Å². The molecule has 0 N–H and O–H groups in total. The van der Waals surface area contributed by atoms with Crippen molar-refractivity contribution in [2.24, 2.45) is 7.05 Å². The summed E-state index contributed by atoms with van der Waals surface area (Å²) in [5, 5.41) is 2.78. The van der Waals surface area contributed by atoms with Crippen LogP contribution in [0.2, 0.25) is 0 Å². The van der Waals surface area contributed by atoms with Crippen LogP contribution in [0, 0.1) is 6.92 Å². The summed E-state index contributed by atoms with van der Waals surface area (Å²) in [6.45, 7) is 2.20. The van der Waals surface area contributed by atoms with E-state index in [0.717, 1.165) is 0 Å². The zero-order valence-electron chi connectivity index (χ0n) is 12.9. The van der Waals surface area contributed by atoms with Gasteiger partial charge in [0.2, 0.25) is 0 Å². The van der Waals surface area contributed by atoms with Gasteiger partial charge in [0.1, 0.15) is 5.69 Å². The van der Waals surface area contributed by atoms with Gasteiger partial charge < -0.3 is 0 Å². The molecule has 0 radical (unpaired) electrons. The third kappa shape index (κ3) is 1.82. The molecule has 112 valence electrons. The molecule has 3 aromatic heterocycles. The lowest BCUT2D eigenvalue weighted by molar-refractivity contribution is -0.744. The predicted molar refractivity (Wildman–Crippen MR) is 100.0 cm³/mol. The van der Waals surface area contributed by atoms with Gasteiger partial charge in [-0.25, -0.2) is 0 Å². The molecule has 3 heterocycles. The number of aromatic nitrogens is 2. The Bertz CT molecular complexity index is 1190. The molecule has 0 fully saturated rings. The van der Waals surface area contributed by atoms with Crippen LogP contribution in [0.5, 0.6) is 0 Å². The van der Waals surface area contributed by atoms with Crippen LogP contribution in [0.4, 0.5) is 0 Å². The molecule has 0 aliphatic rings. The summed E-state index contributed by atoms with van der Waals surface area (Å²) in [7, 11) is 2.07. The van der Waals surface area contributed by atoms with Gasteiger partial charge in [0.15, 0.2) is 13.2 Å². The van der Waals surface area contributed by atoms with Crippen LogP contribution in [0.3, 0.4) is 0 Å². The molecule has 0 aliphatic carbocycles. The van der Waals surface area contributed by atoms with Gasteiger partial charge >= 0.3 is 0 Å². The maximum atomic E-state index is 2.35. The van der Waals surface area contributed by atoms with E-state index in [-0.39, 0.29) is 0 Å². The van der Waals surface area contributed by atoms with E-state index in [1.165, 1.54) is 40.8 Å². The Morgan fingerprint density at radius 2 is 1.70 bits per heavy atom. The van der Waals surface area contributed by atoms with Gasteiger partial charge in [-0.3, -0.25) is 0 Å². The summed E-state index contributed by atoms with van der Waals surface area (Å²) in [5.74, 6) is 0. The average Bonchev–Trinajstić information content (AvgIpc) is 3.21. The first-order valence-electron chi connectivity index (χ1n) is 7.60. The van der Waals surface area contributed by atoms with Crippen molar-refractivity contribution in [3.05, 3.63) is 60.4 Å². The Labute approximate surface area is 141 Å². The molecule has 0 saturated carbocycles. The van der Waals surface area contributed by atoms with Crippen LogP contribution in [-0.4, -0.2) is 4.68 Å². The van der Waals surface area contributed by atoms with E-state index in [1.54, 1.807) is 0 Å². The van der Waals surface area contributed by atoms with Crippen molar-refractivity contribution in [1.29, 1.82) is 0 Å². The molecule has 4 heteroatoms. The van der Waals surface area contributed by atoms with Gasteiger partial charge in [-0.15, -0.1) is 32.0 Å². The summed E-state index contributed by atoms with van der Waals surface area (Å²) in [6, 6.07) is 15.5. The predicted octanol–water partition coefficient (Wildman–Crippen LogP) is 5.19. The fourth-order valence-electron chi connectivity index (χ4n) is 3.27. The molecular formula is C19H15N2S2+. The Balaban J connectivity index is 1.87. The summed E-state index contributed by atoms with van der Waals surface area (Å²) in [6.07, 6.45) is 4.18. The molecule has 0 saturated heterocycles. The number of thiophene rings is 2. The second kappa shape index (κ2) is 4.66. The second-order valence-electron chi connectivity index (χ2n) is 5.90. The van der Waals surface area contributed by atoms with Crippen molar-refractivity contribution in [2.75, 3.05) is 0 Å². The van der Waals surface area contributed by atoms with Crippen LogP contribution in [0.1, 0.15) is 5.56 Å². The molecule has 0 atom stereocenters. The fourth-order valence-corrected chi connectivity index (χ4v) is 5.93. The number of aryl methyl sites for hydroxylation is 2. The maximum absolute atomic E-state index is 2.35. The van der Waals surface area contributed by atoms with Gasteiger partial charge in [-0.1, -0.05) is 18.2 Å². The lowest BCUT2D eigenvalue weighted by Crippen LogP contribution is -2.36. The number of fused-ring (bicyclic) bond motifs is 5. The largest absolute Gasteiger partial charge is 0.195 e. The Morgan fingerprint density at radius 1 is 0.913 bits per heavy atom. The Kier molecular flexibility index (Phi) is 2.69. The minimum absolute atomic E-state index is 1.25. The quantitative estimate of drug-likeness (QED) is 0.373. The van der Waals surface area contributed by atoms with E-state index >= 15 is 0 Å². The molecule has 5 aromatic rings. The second-order valence-corrected chi connectivity index (χ2v) is 8.01. The van der Waals surface area contributed by atoms with Crippen molar-refractivity contribution in [2.45, 2.75) is 6.92 Å². The third-order valence-electron chi connectivity index (χ3n) is 4.42. The molecule has 0 unspecified atom stereocenters. The number of rotatable bonds is 1. The highest BCUT2D eigenvalue weighted by atomic mass is 32.1. The van der Waals surface area contributed by atoms with E-state index < -0.39 is 0 Å². The molecule has 0 bridgehead atoms. The molecule has 0 spiro atoms. The van der Waals surface area contributed by atoms with E-state index in [2.05, 4.69) is 78.2 Å². The van der Waals surface area contributed by atoms with Crippen molar-refractivity contribution in [3.8, 4) is 5.69 Å². The zero-order chi connectivity index (χ0) is 15.6. The Morgan fingerprint density at radius 3 is 2.52 bits per heavy atom.